The molecule has 2 aromatic heterocycles. The van der Waals surface area contributed by atoms with Gasteiger partial charge in [0, 0.05) is 32.7 Å². The maximum Gasteiger partial charge on any atom is 0.151 e. The van der Waals surface area contributed by atoms with Gasteiger partial charge in [-0.2, -0.15) is 5.10 Å². The Morgan fingerprint density at radius 1 is 1.22 bits per heavy atom. The number of aryl methyl sites for hydroxylation is 3. The molecule has 3 heterocycles. The van der Waals surface area contributed by atoms with Gasteiger partial charge in [-0.1, -0.05) is 5.21 Å². The van der Waals surface area contributed by atoms with Crippen molar-refractivity contribution in [2.24, 2.45) is 7.05 Å². The monoisotopic (exact) mass is 313 g/mol. The fourth-order valence-electron chi connectivity index (χ4n) is 3.39. The van der Waals surface area contributed by atoms with Crippen molar-refractivity contribution >= 4 is 5.82 Å². The van der Waals surface area contributed by atoms with E-state index in [1.165, 1.54) is 24.1 Å². The molecule has 2 aliphatic rings. The highest BCUT2D eigenvalue weighted by molar-refractivity contribution is 5.45. The second-order valence-corrected chi connectivity index (χ2v) is 6.70. The number of hydrogen-bond acceptors (Lipinski definition) is 6. The second-order valence-electron chi connectivity index (χ2n) is 6.70. The van der Waals surface area contributed by atoms with Crippen LogP contribution in [-0.2, 0) is 26.4 Å². The normalized spacial score (nSPS) is 18.1. The highest BCUT2D eigenvalue weighted by Crippen LogP contribution is 2.26. The molecular formula is C16H23N7. The van der Waals surface area contributed by atoms with E-state index < -0.39 is 0 Å². The van der Waals surface area contributed by atoms with Crippen LogP contribution in [0.4, 0.5) is 5.82 Å². The lowest BCUT2D eigenvalue weighted by Crippen LogP contribution is -2.58. The summed E-state index contributed by atoms with van der Waals surface area (Å²) in [6.07, 6.45) is 6.61. The van der Waals surface area contributed by atoms with Gasteiger partial charge in [-0.3, -0.25) is 9.58 Å². The molecule has 0 N–H and O–H groups in total. The van der Waals surface area contributed by atoms with E-state index in [0.717, 1.165) is 44.0 Å². The van der Waals surface area contributed by atoms with Crippen LogP contribution in [0.3, 0.4) is 0 Å². The number of hydrogen-bond donors (Lipinski definition) is 0. The maximum absolute atomic E-state index is 4.44. The maximum atomic E-state index is 4.44. The van der Waals surface area contributed by atoms with Crippen molar-refractivity contribution in [2.45, 2.75) is 38.3 Å². The molecule has 1 fully saturated rings. The molecule has 0 saturated carbocycles. The van der Waals surface area contributed by atoms with E-state index >= 15 is 0 Å². The van der Waals surface area contributed by atoms with Gasteiger partial charge in [-0.05, 0) is 44.4 Å². The minimum absolute atomic E-state index is 0.544. The molecule has 2 aromatic rings. The minimum atomic E-state index is 0.544. The van der Waals surface area contributed by atoms with Crippen molar-refractivity contribution in [3.8, 4) is 0 Å². The first-order chi connectivity index (χ1) is 11.2. The Kier molecular flexibility index (Phi) is 3.72. The van der Waals surface area contributed by atoms with Crippen LogP contribution in [-0.4, -0.2) is 56.3 Å². The standard InChI is InChI=1S/C16H23N7/c1-21(9-13-8-17-20-22(13)2)14-10-23(11-14)16-7-12-5-3-4-6-15(12)18-19-16/h7-8,14H,3-6,9-11H2,1-2H3. The zero-order chi connectivity index (χ0) is 15.8. The molecule has 1 saturated heterocycles. The Morgan fingerprint density at radius 3 is 2.83 bits per heavy atom. The summed E-state index contributed by atoms with van der Waals surface area (Å²) in [5.74, 6) is 1.04. The second kappa shape index (κ2) is 5.88. The van der Waals surface area contributed by atoms with Gasteiger partial charge in [-0.15, -0.1) is 10.2 Å². The summed E-state index contributed by atoms with van der Waals surface area (Å²) in [7, 11) is 4.10. The summed E-state index contributed by atoms with van der Waals surface area (Å²) in [5, 5.41) is 16.8. The molecule has 122 valence electrons. The van der Waals surface area contributed by atoms with Crippen LogP contribution >= 0.6 is 0 Å². The number of fused-ring (bicyclic) bond motifs is 1. The Balaban J connectivity index is 1.36. The first-order valence-electron chi connectivity index (χ1n) is 8.35. The van der Waals surface area contributed by atoms with E-state index in [1.807, 2.05) is 17.9 Å². The van der Waals surface area contributed by atoms with Crippen LogP contribution in [0.2, 0.25) is 0 Å². The lowest BCUT2D eigenvalue weighted by atomic mass is 9.96. The average Bonchev–Trinajstić information content (AvgIpc) is 2.91. The summed E-state index contributed by atoms with van der Waals surface area (Å²) >= 11 is 0. The molecule has 0 bridgehead atoms. The van der Waals surface area contributed by atoms with Crippen molar-refractivity contribution in [2.75, 3.05) is 25.0 Å². The van der Waals surface area contributed by atoms with Crippen LogP contribution in [0.15, 0.2) is 12.3 Å². The number of rotatable bonds is 4. The largest absolute Gasteiger partial charge is 0.352 e. The predicted molar refractivity (Wildman–Crippen MR) is 87.1 cm³/mol. The molecule has 1 aliphatic heterocycles. The molecule has 1 aliphatic carbocycles. The fourth-order valence-corrected chi connectivity index (χ4v) is 3.39. The van der Waals surface area contributed by atoms with Crippen molar-refractivity contribution in [1.29, 1.82) is 0 Å². The van der Waals surface area contributed by atoms with E-state index in [2.05, 4.69) is 43.4 Å². The third-order valence-electron chi connectivity index (χ3n) is 5.09. The van der Waals surface area contributed by atoms with E-state index in [0.29, 0.717) is 6.04 Å². The van der Waals surface area contributed by atoms with Crippen molar-refractivity contribution in [3.05, 3.63) is 29.2 Å². The van der Waals surface area contributed by atoms with Gasteiger partial charge >= 0.3 is 0 Å². The van der Waals surface area contributed by atoms with Crippen LogP contribution in [0.25, 0.3) is 0 Å². The third-order valence-corrected chi connectivity index (χ3v) is 5.09. The fraction of sp³-hybridized carbons (Fsp3) is 0.625. The molecule has 0 amide bonds. The third kappa shape index (κ3) is 2.81. The lowest BCUT2D eigenvalue weighted by Gasteiger charge is -2.44. The molecule has 0 radical (unpaired) electrons. The van der Waals surface area contributed by atoms with Crippen LogP contribution in [0, 0.1) is 0 Å². The van der Waals surface area contributed by atoms with Crippen molar-refractivity contribution < 1.29 is 0 Å². The van der Waals surface area contributed by atoms with Crippen molar-refractivity contribution in [1.82, 2.24) is 30.1 Å². The van der Waals surface area contributed by atoms with Crippen LogP contribution in [0.5, 0.6) is 0 Å². The van der Waals surface area contributed by atoms with Gasteiger partial charge in [0.15, 0.2) is 5.82 Å². The first kappa shape index (κ1) is 14.6. The van der Waals surface area contributed by atoms with Gasteiger partial charge in [-0.25, -0.2) is 0 Å². The Labute approximate surface area is 136 Å². The lowest BCUT2D eigenvalue weighted by molar-refractivity contribution is 0.192. The number of likely N-dealkylation sites (N-methyl/N-ethyl adjacent to an activating group) is 1. The molecule has 0 aromatic carbocycles. The molecule has 0 atom stereocenters. The summed E-state index contributed by atoms with van der Waals surface area (Å²) in [6, 6.07) is 2.80. The SMILES string of the molecule is CN(Cc1cnnn1C)C1CN(c2cc3c(nn2)CCCC3)C1. The number of nitrogens with zero attached hydrogens (tertiary/aromatic N) is 7. The molecule has 7 heteroatoms. The highest BCUT2D eigenvalue weighted by atomic mass is 15.4. The van der Waals surface area contributed by atoms with Crippen LogP contribution in [0.1, 0.15) is 29.8 Å². The topological polar surface area (TPSA) is 63.0 Å². The minimum Gasteiger partial charge on any atom is -0.352 e. The average molecular weight is 313 g/mol. The van der Waals surface area contributed by atoms with Gasteiger partial charge < -0.3 is 4.90 Å². The number of aromatic nitrogens is 5. The molecule has 0 spiro atoms. The van der Waals surface area contributed by atoms with Gasteiger partial charge in [0.1, 0.15) is 0 Å². The van der Waals surface area contributed by atoms with E-state index in [-0.39, 0.29) is 0 Å². The summed E-state index contributed by atoms with van der Waals surface area (Å²) in [4.78, 5) is 4.69. The summed E-state index contributed by atoms with van der Waals surface area (Å²) in [6.45, 7) is 2.89. The highest BCUT2D eigenvalue weighted by Gasteiger charge is 2.32. The zero-order valence-electron chi connectivity index (χ0n) is 13.8. The summed E-state index contributed by atoms with van der Waals surface area (Å²) < 4.78 is 1.84. The smallest absolute Gasteiger partial charge is 0.151 e. The predicted octanol–water partition coefficient (Wildman–Crippen LogP) is 0.804. The van der Waals surface area contributed by atoms with Crippen LogP contribution < -0.4 is 4.90 Å². The molecule has 23 heavy (non-hydrogen) atoms. The molecule has 0 unspecified atom stereocenters. The molecular weight excluding hydrogens is 290 g/mol. The quantitative estimate of drug-likeness (QED) is 0.832. The molecule has 4 rings (SSSR count). The van der Waals surface area contributed by atoms with E-state index in [4.69, 9.17) is 0 Å². The first-order valence-corrected chi connectivity index (χ1v) is 8.35. The van der Waals surface area contributed by atoms with E-state index in [1.54, 1.807) is 0 Å². The van der Waals surface area contributed by atoms with Gasteiger partial charge in [0.2, 0.25) is 0 Å². The number of anilines is 1. The Hall–Kier alpha value is -2.02. The summed E-state index contributed by atoms with van der Waals surface area (Å²) in [5.41, 5.74) is 3.75. The zero-order valence-corrected chi connectivity index (χ0v) is 13.8. The van der Waals surface area contributed by atoms with Gasteiger partial charge in [0.05, 0.1) is 17.6 Å². The Morgan fingerprint density at radius 2 is 2.04 bits per heavy atom. The van der Waals surface area contributed by atoms with E-state index in [9.17, 15) is 0 Å². The van der Waals surface area contributed by atoms with Gasteiger partial charge in [0.25, 0.3) is 0 Å². The molecule has 7 nitrogen and oxygen atoms in total. The Bertz CT molecular complexity index is 689. The van der Waals surface area contributed by atoms with Crippen molar-refractivity contribution in [3.63, 3.8) is 0 Å².